The van der Waals surface area contributed by atoms with Crippen molar-refractivity contribution < 1.29 is 9.90 Å². The minimum atomic E-state index is -0.682. The third-order valence-corrected chi connectivity index (χ3v) is 3.07. The lowest BCUT2D eigenvalue weighted by Crippen LogP contribution is -2.50. The van der Waals surface area contributed by atoms with Crippen molar-refractivity contribution in [3.8, 4) is 0 Å². The number of carboxylic acids is 1. The summed E-state index contributed by atoms with van der Waals surface area (Å²) in [5.74, 6) is -0.682. The molecule has 80 valence electrons. The molecule has 1 aliphatic heterocycles. The van der Waals surface area contributed by atoms with Crippen LogP contribution in [0.5, 0.6) is 0 Å². The van der Waals surface area contributed by atoms with Crippen LogP contribution in [0.1, 0.15) is 33.1 Å². The first-order valence-electron chi connectivity index (χ1n) is 5.16. The summed E-state index contributed by atoms with van der Waals surface area (Å²) in [5.41, 5.74) is 0.407. The molecule has 0 aliphatic carbocycles. The van der Waals surface area contributed by atoms with E-state index in [1.54, 1.807) is 0 Å². The summed E-state index contributed by atoms with van der Waals surface area (Å²) in [6, 6.07) is 0. The molecule has 0 aromatic rings. The Hall–Kier alpha value is -0.830. The molecule has 1 atom stereocenters. The third kappa shape index (κ3) is 1.82. The zero-order chi connectivity index (χ0) is 10.8. The lowest BCUT2D eigenvalue weighted by atomic mass is 9.93. The molecule has 1 unspecified atom stereocenters. The van der Waals surface area contributed by atoms with Gasteiger partial charge in [0, 0.05) is 6.54 Å². The predicted molar refractivity (Wildman–Crippen MR) is 56.3 cm³/mol. The SMILES string of the molecule is C=C(C)CN1CCCC1(CC)C(=O)O. The van der Waals surface area contributed by atoms with Gasteiger partial charge >= 0.3 is 5.97 Å². The Bertz CT molecular complexity index is 250. The van der Waals surface area contributed by atoms with Gasteiger partial charge in [0.1, 0.15) is 5.54 Å². The second-order valence-electron chi connectivity index (χ2n) is 4.17. The third-order valence-electron chi connectivity index (χ3n) is 3.07. The van der Waals surface area contributed by atoms with Gasteiger partial charge in [0.2, 0.25) is 0 Å². The standard InChI is InChI=1S/C11H19NO2/c1-4-11(10(13)14)6-5-7-12(11)8-9(2)3/h2,4-8H2,1,3H3,(H,13,14). The van der Waals surface area contributed by atoms with E-state index in [9.17, 15) is 9.90 Å². The number of nitrogens with zero attached hydrogens (tertiary/aromatic N) is 1. The molecule has 14 heavy (non-hydrogen) atoms. The fourth-order valence-corrected chi connectivity index (χ4v) is 2.28. The minimum Gasteiger partial charge on any atom is -0.480 e. The van der Waals surface area contributed by atoms with Crippen molar-refractivity contribution >= 4 is 5.97 Å². The summed E-state index contributed by atoms with van der Waals surface area (Å²) in [6.45, 7) is 9.33. The summed E-state index contributed by atoms with van der Waals surface area (Å²) in [6.07, 6.45) is 2.43. The molecule has 1 saturated heterocycles. The van der Waals surface area contributed by atoms with Gasteiger partial charge in [-0.2, -0.15) is 0 Å². The van der Waals surface area contributed by atoms with E-state index in [0.717, 1.165) is 25.0 Å². The molecule has 3 heteroatoms. The van der Waals surface area contributed by atoms with E-state index in [1.165, 1.54) is 0 Å². The number of hydrogen-bond donors (Lipinski definition) is 1. The average molecular weight is 197 g/mol. The predicted octanol–water partition coefficient (Wildman–Crippen LogP) is 1.89. The second kappa shape index (κ2) is 4.13. The molecular formula is C11H19NO2. The first-order chi connectivity index (χ1) is 6.53. The van der Waals surface area contributed by atoms with Crippen LogP contribution in [0.4, 0.5) is 0 Å². The molecule has 3 nitrogen and oxygen atoms in total. The van der Waals surface area contributed by atoms with Crippen LogP contribution >= 0.6 is 0 Å². The van der Waals surface area contributed by atoms with Crippen LogP contribution in [-0.4, -0.2) is 34.6 Å². The molecule has 1 N–H and O–H groups in total. The highest BCUT2D eigenvalue weighted by atomic mass is 16.4. The van der Waals surface area contributed by atoms with Crippen molar-refractivity contribution in [3.63, 3.8) is 0 Å². The fraction of sp³-hybridized carbons (Fsp3) is 0.727. The number of carboxylic acid groups (broad SMARTS) is 1. The smallest absolute Gasteiger partial charge is 0.324 e. The van der Waals surface area contributed by atoms with E-state index in [-0.39, 0.29) is 0 Å². The van der Waals surface area contributed by atoms with Crippen molar-refractivity contribution in [2.45, 2.75) is 38.6 Å². The lowest BCUT2D eigenvalue weighted by Gasteiger charge is -2.33. The van der Waals surface area contributed by atoms with Crippen molar-refractivity contribution in [2.24, 2.45) is 0 Å². The molecule has 0 aromatic heterocycles. The Morgan fingerprint density at radius 3 is 2.71 bits per heavy atom. The highest BCUT2D eigenvalue weighted by Crippen LogP contribution is 2.32. The maximum atomic E-state index is 11.3. The summed E-state index contributed by atoms with van der Waals surface area (Å²) in [4.78, 5) is 13.3. The molecule has 1 fully saturated rings. The van der Waals surface area contributed by atoms with Crippen molar-refractivity contribution in [1.82, 2.24) is 4.90 Å². The molecule has 0 spiro atoms. The zero-order valence-electron chi connectivity index (χ0n) is 9.05. The van der Waals surface area contributed by atoms with Gasteiger partial charge in [-0.3, -0.25) is 9.69 Å². The molecular weight excluding hydrogens is 178 g/mol. The van der Waals surface area contributed by atoms with Crippen LogP contribution in [0.15, 0.2) is 12.2 Å². The van der Waals surface area contributed by atoms with Crippen molar-refractivity contribution in [1.29, 1.82) is 0 Å². The molecule has 0 radical (unpaired) electrons. The lowest BCUT2D eigenvalue weighted by molar-refractivity contribution is -0.149. The van der Waals surface area contributed by atoms with Crippen LogP contribution in [-0.2, 0) is 4.79 Å². The van der Waals surface area contributed by atoms with E-state index in [1.807, 2.05) is 13.8 Å². The van der Waals surface area contributed by atoms with Crippen molar-refractivity contribution in [2.75, 3.05) is 13.1 Å². The number of hydrogen-bond acceptors (Lipinski definition) is 2. The molecule has 0 aromatic carbocycles. The van der Waals surface area contributed by atoms with Gasteiger partial charge in [-0.25, -0.2) is 0 Å². The maximum absolute atomic E-state index is 11.3. The summed E-state index contributed by atoms with van der Waals surface area (Å²) >= 11 is 0. The van der Waals surface area contributed by atoms with Gasteiger partial charge in [-0.15, -0.1) is 0 Å². The van der Waals surface area contributed by atoms with Crippen LogP contribution < -0.4 is 0 Å². The Morgan fingerprint density at radius 1 is 1.64 bits per heavy atom. The number of likely N-dealkylation sites (tertiary alicyclic amines) is 1. The van der Waals surface area contributed by atoms with E-state index in [4.69, 9.17) is 0 Å². The van der Waals surface area contributed by atoms with Crippen LogP contribution in [0.2, 0.25) is 0 Å². The highest BCUT2D eigenvalue weighted by Gasteiger charge is 2.45. The topological polar surface area (TPSA) is 40.5 Å². The minimum absolute atomic E-state index is 0.626. The van der Waals surface area contributed by atoms with Crippen molar-refractivity contribution in [3.05, 3.63) is 12.2 Å². The van der Waals surface area contributed by atoms with Gasteiger partial charge in [-0.05, 0) is 32.7 Å². The number of rotatable bonds is 4. The van der Waals surface area contributed by atoms with E-state index in [2.05, 4.69) is 11.5 Å². The number of carbonyl (C=O) groups is 1. The van der Waals surface area contributed by atoms with Crippen LogP contribution in [0.3, 0.4) is 0 Å². The number of aliphatic carboxylic acids is 1. The maximum Gasteiger partial charge on any atom is 0.324 e. The van der Waals surface area contributed by atoms with Gasteiger partial charge in [-0.1, -0.05) is 19.1 Å². The first kappa shape index (κ1) is 11.2. The van der Waals surface area contributed by atoms with Crippen LogP contribution in [0, 0.1) is 0 Å². The Labute approximate surface area is 85.4 Å². The van der Waals surface area contributed by atoms with Gasteiger partial charge in [0.25, 0.3) is 0 Å². The zero-order valence-corrected chi connectivity index (χ0v) is 9.05. The van der Waals surface area contributed by atoms with Gasteiger partial charge in [0.05, 0.1) is 0 Å². The first-order valence-corrected chi connectivity index (χ1v) is 5.16. The fourth-order valence-electron chi connectivity index (χ4n) is 2.28. The summed E-state index contributed by atoms with van der Waals surface area (Å²) in [7, 11) is 0. The van der Waals surface area contributed by atoms with Gasteiger partial charge < -0.3 is 5.11 Å². The molecule has 0 amide bonds. The molecule has 0 bridgehead atoms. The average Bonchev–Trinajstić information content (AvgIpc) is 2.47. The molecule has 1 aliphatic rings. The molecule has 1 heterocycles. The Balaban J connectivity index is 2.83. The summed E-state index contributed by atoms with van der Waals surface area (Å²) in [5, 5.41) is 9.28. The van der Waals surface area contributed by atoms with E-state index in [0.29, 0.717) is 13.0 Å². The quantitative estimate of drug-likeness (QED) is 0.700. The Morgan fingerprint density at radius 2 is 2.29 bits per heavy atom. The highest BCUT2D eigenvalue weighted by molar-refractivity contribution is 5.79. The summed E-state index contributed by atoms with van der Waals surface area (Å²) < 4.78 is 0. The monoisotopic (exact) mass is 197 g/mol. The molecule has 0 saturated carbocycles. The van der Waals surface area contributed by atoms with Gasteiger partial charge in [0.15, 0.2) is 0 Å². The second-order valence-corrected chi connectivity index (χ2v) is 4.17. The van der Waals surface area contributed by atoms with E-state index >= 15 is 0 Å². The molecule has 1 rings (SSSR count). The van der Waals surface area contributed by atoms with E-state index < -0.39 is 11.5 Å². The Kier molecular flexibility index (Phi) is 3.32. The largest absolute Gasteiger partial charge is 0.480 e. The van der Waals surface area contributed by atoms with Crippen LogP contribution in [0.25, 0.3) is 0 Å². The normalized spacial score (nSPS) is 27.9.